The molecule has 0 radical (unpaired) electrons. The number of aromatic carboxylic acids is 1. The van der Waals surface area contributed by atoms with Crippen LogP contribution < -0.4 is 5.32 Å². The Labute approximate surface area is 121 Å². The zero-order valence-electron chi connectivity index (χ0n) is 11.5. The Morgan fingerprint density at radius 1 is 1.50 bits per heavy atom. The molecule has 0 atom stereocenters. The first-order valence-electron chi connectivity index (χ1n) is 6.44. The van der Waals surface area contributed by atoms with Gasteiger partial charge in [0.05, 0.1) is 11.9 Å². The third-order valence-corrected chi connectivity index (χ3v) is 3.73. The van der Waals surface area contributed by atoms with Crippen LogP contribution in [-0.2, 0) is 6.42 Å². The molecule has 20 heavy (non-hydrogen) atoms. The quantitative estimate of drug-likeness (QED) is 0.855. The molecule has 0 fully saturated rings. The average molecular weight is 291 g/mol. The number of carboxylic acid groups (broad SMARTS) is 1. The first-order chi connectivity index (χ1) is 9.58. The first-order valence-corrected chi connectivity index (χ1v) is 7.32. The molecule has 0 aliphatic rings. The van der Waals surface area contributed by atoms with Crippen LogP contribution in [-0.4, -0.2) is 27.6 Å². The van der Waals surface area contributed by atoms with E-state index in [1.807, 2.05) is 25.3 Å². The van der Waals surface area contributed by atoms with Crippen LogP contribution in [0.25, 0.3) is 0 Å². The molecule has 2 N–H and O–H groups in total. The van der Waals surface area contributed by atoms with Crippen molar-refractivity contribution >= 4 is 23.0 Å². The van der Waals surface area contributed by atoms with Crippen molar-refractivity contribution in [1.29, 1.82) is 0 Å². The third kappa shape index (κ3) is 3.54. The van der Waals surface area contributed by atoms with E-state index in [-0.39, 0.29) is 11.6 Å². The number of thiophene rings is 1. The molecule has 0 saturated carbocycles. The molecule has 2 rings (SSSR count). The smallest absolute Gasteiger partial charge is 0.356 e. The molecule has 0 saturated heterocycles. The molecule has 0 aliphatic heterocycles. The van der Waals surface area contributed by atoms with Crippen molar-refractivity contribution in [1.82, 2.24) is 9.97 Å². The van der Waals surface area contributed by atoms with Crippen LogP contribution in [0.15, 0.2) is 23.7 Å². The summed E-state index contributed by atoms with van der Waals surface area (Å²) in [5.41, 5.74) is 0.508. The molecule has 2 aromatic heterocycles. The topological polar surface area (TPSA) is 75.1 Å². The van der Waals surface area contributed by atoms with Gasteiger partial charge in [-0.05, 0) is 17.9 Å². The summed E-state index contributed by atoms with van der Waals surface area (Å²) in [4.78, 5) is 20.8. The van der Waals surface area contributed by atoms with Gasteiger partial charge in [-0.1, -0.05) is 19.9 Å². The summed E-state index contributed by atoms with van der Waals surface area (Å²) in [5, 5.41) is 14.4. The van der Waals surface area contributed by atoms with Gasteiger partial charge in [0.15, 0.2) is 5.69 Å². The number of hydrogen-bond acceptors (Lipinski definition) is 5. The first kappa shape index (κ1) is 14.5. The van der Waals surface area contributed by atoms with Crippen molar-refractivity contribution in [2.24, 2.45) is 0 Å². The highest BCUT2D eigenvalue weighted by molar-refractivity contribution is 7.09. The Hall–Kier alpha value is -1.95. The standard InChI is InChI=1S/C14H17N3O2S/c1-9(2)13-16-8-11(12(17-13)14(18)19)15-6-5-10-4-3-7-20-10/h3-4,7-9,15H,5-6H2,1-2H3,(H,18,19). The Kier molecular flexibility index (Phi) is 4.68. The molecule has 0 amide bonds. The summed E-state index contributed by atoms with van der Waals surface area (Å²) >= 11 is 1.69. The molecule has 0 aliphatic carbocycles. The molecule has 2 aromatic rings. The highest BCUT2D eigenvalue weighted by Gasteiger charge is 2.15. The SMILES string of the molecule is CC(C)c1ncc(NCCc2cccs2)c(C(=O)O)n1. The molecule has 5 nitrogen and oxygen atoms in total. The minimum absolute atomic E-state index is 0.0369. The van der Waals surface area contributed by atoms with E-state index in [0.29, 0.717) is 18.1 Å². The van der Waals surface area contributed by atoms with E-state index in [1.54, 1.807) is 17.5 Å². The van der Waals surface area contributed by atoms with E-state index in [0.717, 1.165) is 6.42 Å². The predicted octanol–water partition coefficient (Wildman–Crippen LogP) is 3.01. The highest BCUT2D eigenvalue weighted by atomic mass is 32.1. The number of nitrogens with one attached hydrogen (secondary N) is 1. The summed E-state index contributed by atoms with van der Waals surface area (Å²) in [5.74, 6) is -0.382. The lowest BCUT2D eigenvalue weighted by Gasteiger charge is -2.10. The minimum Gasteiger partial charge on any atom is -0.476 e. The van der Waals surface area contributed by atoms with Crippen LogP contribution >= 0.6 is 11.3 Å². The van der Waals surface area contributed by atoms with Crippen molar-refractivity contribution < 1.29 is 9.90 Å². The average Bonchev–Trinajstić information content (AvgIpc) is 2.91. The summed E-state index contributed by atoms with van der Waals surface area (Å²) < 4.78 is 0. The van der Waals surface area contributed by atoms with E-state index in [2.05, 4.69) is 21.4 Å². The number of carboxylic acids is 1. The van der Waals surface area contributed by atoms with E-state index in [9.17, 15) is 9.90 Å². The van der Waals surface area contributed by atoms with Crippen LogP contribution in [0.4, 0.5) is 5.69 Å². The van der Waals surface area contributed by atoms with Crippen molar-refractivity contribution in [3.8, 4) is 0 Å². The molecular weight excluding hydrogens is 274 g/mol. The maximum atomic E-state index is 11.3. The van der Waals surface area contributed by atoms with Crippen LogP contribution in [0.2, 0.25) is 0 Å². The second-order valence-electron chi connectivity index (χ2n) is 4.71. The van der Waals surface area contributed by atoms with E-state index in [1.165, 1.54) is 4.88 Å². The zero-order chi connectivity index (χ0) is 14.5. The van der Waals surface area contributed by atoms with Crippen molar-refractivity contribution in [3.63, 3.8) is 0 Å². The monoisotopic (exact) mass is 291 g/mol. The lowest BCUT2D eigenvalue weighted by Crippen LogP contribution is -2.13. The predicted molar refractivity (Wildman–Crippen MR) is 79.6 cm³/mol. The Morgan fingerprint density at radius 2 is 2.30 bits per heavy atom. The highest BCUT2D eigenvalue weighted by Crippen LogP contribution is 2.17. The molecular formula is C14H17N3O2S. The lowest BCUT2D eigenvalue weighted by molar-refractivity contribution is 0.0691. The minimum atomic E-state index is -1.03. The van der Waals surface area contributed by atoms with Crippen LogP contribution in [0.5, 0.6) is 0 Å². The third-order valence-electron chi connectivity index (χ3n) is 2.79. The van der Waals surface area contributed by atoms with Crippen molar-refractivity contribution in [2.45, 2.75) is 26.2 Å². The molecule has 106 valence electrons. The fraction of sp³-hybridized carbons (Fsp3) is 0.357. The number of nitrogens with zero attached hydrogens (tertiary/aromatic N) is 2. The molecule has 6 heteroatoms. The normalized spacial score (nSPS) is 10.8. The van der Waals surface area contributed by atoms with Crippen LogP contribution in [0.1, 0.15) is 41.0 Å². The van der Waals surface area contributed by atoms with Crippen molar-refractivity contribution in [3.05, 3.63) is 40.1 Å². The van der Waals surface area contributed by atoms with Gasteiger partial charge in [0, 0.05) is 17.3 Å². The van der Waals surface area contributed by atoms with Crippen LogP contribution in [0, 0.1) is 0 Å². The summed E-state index contributed by atoms with van der Waals surface area (Å²) in [6.45, 7) is 4.53. The Morgan fingerprint density at radius 3 is 2.90 bits per heavy atom. The van der Waals surface area contributed by atoms with Gasteiger partial charge < -0.3 is 10.4 Å². The van der Waals surface area contributed by atoms with Gasteiger partial charge in [0.2, 0.25) is 0 Å². The largest absolute Gasteiger partial charge is 0.476 e. The molecule has 0 unspecified atom stereocenters. The summed E-state index contributed by atoms with van der Waals surface area (Å²) in [6.07, 6.45) is 2.41. The fourth-order valence-corrected chi connectivity index (χ4v) is 2.45. The maximum absolute atomic E-state index is 11.3. The van der Waals surface area contributed by atoms with Gasteiger partial charge in [-0.2, -0.15) is 0 Å². The van der Waals surface area contributed by atoms with Gasteiger partial charge >= 0.3 is 5.97 Å². The molecule has 0 aromatic carbocycles. The number of aromatic nitrogens is 2. The number of anilines is 1. The van der Waals surface area contributed by atoms with Gasteiger partial charge in [0.1, 0.15) is 5.82 Å². The number of carbonyl (C=O) groups is 1. The zero-order valence-corrected chi connectivity index (χ0v) is 12.3. The summed E-state index contributed by atoms with van der Waals surface area (Å²) in [6, 6.07) is 4.06. The Balaban J connectivity index is 2.08. The number of rotatable bonds is 6. The second-order valence-corrected chi connectivity index (χ2v) is 5.74. The summed E-state index contributed by atoms with van der Waals surface area (Å²) in [7, 11) is 0. The maximum Gasteiger partial charge on any atom is 0.356 e. The fourth-order valence-electron chi connectivity index (χ4n) is 1.74. The van der Waals surface area contributed by atoms with Crippen molar-refractivity contribution in [2.75, 3.05) is 11.9 Å². The molecule has 0 spiro atoms. The van der Waals surface area contributed by atoms with E-state index >= 15 is 0 Å². The van der Waals surface area contributed by atoms with Gasteiger partial charge in [-0.15, -0.1) is 11.3 Å². The van der Waals surface area contributed by atoms with Gasteiger partial charge in [-0.25, -0.2) is 14.8 Å². The number of hydrogen-bond donors (Lipinski definition) is 2. The van der Waals surface area contributed by atoms with Crippen LogP contribution in [0.3, 0.4) is 0 Å². The molecule has 2 heterocycles. The second kappa shape index (κ2) is 6.47. The lowest BCUT2D eigenvalue weighted by atomic mass is 10.2. The Bertz CT molecular complexity index is 582. The van der Waals surface area contributed by atoms with E-state index < -0.39 is 5.97 Å². The van der Waals surface area contributed by atoms with Gasteiger partial charge in [-0.3, -0.25) is 0 Å². The van der Waals surface area contributed by atoms with E-state index in [4.69, 9.17) is 0 Å². The van der Waals surface area contributed by atoms with Gasteiger partial charge in [0.25, 0.3) is 0 Å². The molecule has 0 bridgehead atoms.